The molecule has 0 radical (unpaired) electrons. The Kier molecular flexibility index (Phi) is 7.11. The predicted octanol–water partition coefficient (Wildman–Crippen LogP) is 1.19. The normalized spacial score (nSPS) is 17.0. The van der Waals surface area contributed by atoms with Gasteiger partial charge in [0.2, 0.25) is 5.91 Å². The summed E-state index contributed by atoms with van der Waals surface area (Å²) < 4.78 is 1.67. The van der Waals surface area contributed by atoms with E-state index in [4.69, 9.17) is 5.73 Å². The van der Waals surface area contributed by atoms with E-state index in [0.717, 1.165) is 18.7 Å². The Morgan fingerprint density at radius 1 is 1.43 bits per heavy atom. The van der Waals surface area contributed by atoms with Crippen LogP contribution in [0.5, 0.6) is 0 Å². The maximum atomic E-state index is 12.1. The van der Waals surface area contributed by atoms with Crippen LogP contribution in [-0.2, 0) is 18.3 Å². The Hall–Kier alpha value is -1.14. The molecule has 0 bridgehead atoms. The highest BCUT2D eigenvalue weighted by Gasteiger charge is 2.32. The Morgan fingerprint density at radius 2 is 2.14 bits per heavy atom. The van der Waals surface area contributed by atoms with Crippen LogP contribution in [0.25, 0.3) is 0 Å². The molecule has 1 aliphatic carbocycles. The number of amides is 1. The summed E-state index contributed by atoms with van der Waals surface area (Å²) >= 11 is 0. The van der Waals surface area contributed by atoms with Crippen LogP contribution in [0.2, 0.25) is 0 Å². The average molecular weight is 316 g/mol. The highest BCUT2D eigenvalue weighted by atomic mass is 35.5. The van der Waals surface area contributed by atoms with Crippen molar-refractivity contribution in [3.05, 3.63) is 12.2 Å². The van der Waals surface area contributed by atoms with Crippen LogP contribution < -0.4 is 11.1 Å². The van der Waals surface area contributed by atoms with Crippen molar-refractivity contribution < 1.29 is 4.79 Å². The fourth-order valence-corrected chi connectivity index (χ4v) is 2.97. The number of nitrogens with one attached hydrogen (secondary N) is 1. The first-order chi connectivity index (χ1) is 9.63. The van der Waals surface area contributed by atoms with E-state index in [0.29, 0.717) is 25.9 Å². The first-order valence-corrected chi connectivity index (χ1v) is 7.45. The monoisotopic (exact) mass is 315 g/mol. The number of carbonyl (C=O) groups is 1. The second-order valence-electron chi connectivity index (χ2n) is 5.88. The molecule has 1 amide bonds. The van der Waals surface area contributed by atoms with Gasteiger partial charge in [-0.2, -0.15) is 5.10 Å². The van der Waals surface area contributed by atoms with Crippen molar-refractivity contribution in [3.8, 4) is 0 Å². The molecule has 7 heteroatoms. The number of rotatable bonds is 6. The molecule has 6 nitrogen and oxygen atoms in total. The van der Waals surface area contributed by atoms with Crippen LogP contribution in [0.3, 0.4) is 0 Å². The topological polar surface area (TPSA) is 85.8 Å². The molecule has 0 spiro atoms. The van der Waals surface area contributed by atoms with Gasteiger partial charge in [0.05, 0.1) is 0 Å². The number of nitrogens with zero attached hydrogens (tertiary/aromatic N) is 3. The van der Waals surface area contributed by atoms with Crippen LogP contribution in [0.4, 0.5) is 0 Å². The quantitative estimate of drug-likeness (QED) is 0.826. The van der Waals surface area contributed by atoms with Gasteiger partial charge in [0.15, 0.2) is 5.82 Å². The van der Waals surface area contributed by atoms with Crippen LogP contribution in [0.15, 0.2) is 6.33 Å². The van der Waals surface area contributed by atoms with Gasteiger partial charge in [0.1, 0.15) is 6.33 Å². The Bertz CT molecular complexity index is 442. The van der Waals surface area contributed by atoms with E-state index in [1.165, 1.54) is 19.3 Å². The highest BCUT2D eigenvalue weighted by Crippen LogP contribution is 2.38. The van der Waals surface area contributed by atoms with E-state index in [-0.39, 0.29) is 23.7 Å². The van der Waals surface area contributed by atoms with Crippen LogP contribution >= 0.6 is 12.4 Å². The predicted molar refractivity (Wildman–Crippen MR) is 84.2 cm³/mol. The zero-order valence-corrected chi connectivity index (χ0v) is 13.5. The van der Waals surface area contributed by atoms with Gasteiger partial charge in [-0.05, 0) is 24.8 Å². The number of hydrogen-bond donors (Lipinski definition) is 2. The lowest BCUT2D eigenvalue weighted by atomic mass is 9.71. The summed E-state index contributed by atoms with van der Waals surface area (Å²) in [4.78, 5) is 16.2. The number of hydrogen-bond acceptors (Lipinski definition) is 4. The fraction of sp³-hybridized carbons (Fsp3) is 0.786. The molecule has 1 saturated carbocycles. The number of carbonyl (C=O) groups excluding carboxylic acids is 1. The minimum absolute atomic E-state index is 0. The van der Waals surface area contributed by atoms with Crippen molar-refractivity contribution in [1.82, 2.24) is 20.1 Å². The van der Waals surface area contributed by atoms with Gasteiger partial charge in [0.25, 0.3) is 0 Å². The molecule has 1 aliphatic rings. The summed E-state index contributed by atoms with van der Waals surface area (Å²) in [5.41, 5.74) is 5.94. The molecule has 1 fully saturated rings. The number of aromatic nitrogens is 3. The summed E-state index contributed by atoms with van der Waals surface area (Å²) in [6.45, 7) is 1.20. The number of halogens is 1. The van der Waals surface area contributed by atoms with E-state index < -0.39 is 0 Å². The van der Waals surface area contributed by atoms with Crippen LogP contribution in [-0.4, -0.2) is 33.8 Å². The Labute approximate surface area is 132 Å². The molecule has 0 atom stereocenters. The second kappa shape index (κ2) is 8.34. The van der Waals surface area contributed by atoms with Crippen molar-refractivity contribution >= 4 is 18.3 Å². The van der Waals surface area contributed by atoms with Crippen molar-refractivity contribution in [3.63, 3.8) is 0 Å². The van der Waals surface area contributed by atoms with E-state index in [9.17, 15) is 4.79 Å². The lowest BCUT2D eigenvalue weighted by molar-refractivity contribution is -0.123. The molecule has 0 aromatic carbocycles. The molecule has 2 rings (SSSR count). The maximum absolute atomic E-state index is 12.1. The summed E-state index contributed by atoms with van der Waals surface area (Å²) in [7, 11) is 1.84. The van der Waals surface area contributed by atoms with Crippen LogP contribution in [0, 0.1) is 5.41 Å². The highest BCUT2D eigenvalue weighted by molar-refractivity contribution is 5.85. The zero-order valence-electron chi connectivity index (χ0n) is 12.7. The molecular formula is C14H26ClN5O. The van der Waals surface area contributed by atoms with Gasteiger partial charge in [-0.15, -0.1) is 12.4 Å². The van der Waals surface area contributed by atoms with E-state index in [1.807, 2.05) is 7.05 Å². The van der Waals surface area contributed by atoms with E-state index >= 15 is 0 Å². The van der Waals surface area contributed by atoms with E-state index in [2.05, 4.69) is 15.4 Å². The molecule has 1 aromatic heterocycles. The zero-order chi connectivity index (χ0) is 14.4. The standard InChI is InChI=1S/C14H25N5O.ClH/c1-19-11-17-12(18-19)5-8-16-13(20)9-14(10-15)6-3-2-4-7-14;/h11H,2-10,15H2,1H3,(H,16,20);1H. The average Bonchev–Trinajstić information content (AvgIpc) is 2.85. The van der Waals surface area contributed by atoms with Crippen LogP contribution in [0.1, 0.15) is 44.3 Å². The van der Waals surface area contributed by atoms with Crippen molar-refractivity contribution in [2.75, 3.05) is 13.1 Å². The largest absolute Gasteiger partial charge is 0.356 e. The molecule has 21 heavy (non-hydrogen) atoms. The van der Waals surface area contributed by atoms with Gasteiger partial charge in [-0.25, -0.2) is 4.98 Å². The Morgan fingerprint density at radius 3 is 2.71 bits per heavy atom. The summed E-state index contributed by atoms with van der Waals surface area (Å²) in [6, 6.07) is 0. The molecule has 0 saturated heterocycles. The first-order valence-electron chi connectivity index (χ1n) is 7.45. The third-order valence-corrected chi connectivity index (χ3v) is 4.20. The van der Waals surface area contributed by atoms with Gasteiger partial charge in [-0.3, -0.25) is 9.48 Å². The summed E-state index contributed by atoms with van der Waals surface area (Å²) in [5.74, 6) is 0.868. The van der Waals surface area contributed by atoms with E-state index in [1.54, 1.807) is 11.0 Å². The molecule has 120 valence electrons. The molecule has 1 aromatic rings. The van der Waals surface area contributed by atoms with Gasteiger partial charge < -0.3 is 11.1 Å². The van der Waals surface area contributed by atoms with Gasteiger partial charge in [0, 0.05) is 26.4 Å². The van der Waals surface area contributed by atoms with Crippen molar-refractivity contribution in [2.24, 2.45) is 18.2 Å². The maximum Gasteiger partial charge on any atom is 0.220 e. The summed E-state index contributed by atoms with van der Waals surface area (Å²) in [6.07, 6.45) is 8.72. The fourth-order valence-electron chi connectivity index (χ4n) is 2.97. The minimum Gasteiger partial charge on any atom is -0.356 e. The lowest BCUT2D eigenvalue weighted by Gasteiger charge is -2.35. The lowest BCUT2D eigenvalue weighted by Crippen LogP contribution is -2.39. The second-order valence-corrected chi connectivity index (χ2v) is 5.88. The van der Waals surface area contributed by atoms with Gasteiger partial charge in [-0.1, -0.05) is 19.3 Å². The molecular weight excluding hydrogens is 290 g/mol. The Balaban J connectivity index is 0.00000220. The van der Waals surface area contributed by atoms with Gasteiger partial charge >= 0.3 is 0 Å². The van der Waals surface area contributed by atoms with Crippen molar-refractivity contribution in [1.29, 1.82) is 0 Å². The molecule has 0 aliphatic heterocycles. The molecule has 1 heterocycles. The molecule has 3 N–H and O–H groups in total. The third kappa shape index (κ3) is 5.28. The first kappa shape index (κ1) is 17.9. The van der Waals surface area contributed by atoms with Crippen molar-refractivity contribution in [2.45, 2.75) is 44.9 Å². The minimum atomic E-state index is 0. The third-order valence-electron chi connectivity index (χ3n) is 4.20. The molecule has 0 unspecified atom stereocenters. The summed E-state index contributed by atoms with van der Waals surface area (Å²) in [5, 5.41) is 7.15. The number of aryl methyl sites for hydroxylation is 1. The SMILES string of the molecule is Cl.Cn1cnc(CCNC(=O)CC2(CN)CCCCC2)n1. The number of nitrogens with two attached hydrogens (primary N) is 1. The smallest absolute Gasteiger partial charge is 0.220 e.